The predicted molar refractivity (Wildman–Crippen MR) is 95.7 cm³/mol. The van der Waals surface area contributed by atoms with Gasteiger partial charge in [0, 0.05) is 13.0 Å². The van der Waals surface area contributed by atoms with E-state index in [9.17, 15) is 13.2 Å². The van der Waals surface area contributed by atoms with Crippen molar-refractivity contribution >= 4 is 32.9 Å². The molecule has 0 atom stereocenters. The number of para-hydroxylation sites is 2. The number of H-pyrrole nitrogens is 1. The van der Waals surface area contributed by atoms with E-state index in [1.807, 2.05) is 31.2 Å². The minimum Gasteiger partial charge on any atom is -0.324 e. The summed E-state index contributed by atoms with van der Waals surface area (Å²) in [5, 5.41) is 2.62. The Balaban J connectivity index is 1.54. The molecule has 3 rings (SSSR count). The van der Waals surface area contributed by atoms with Gasteiger partial charge >= 0.3 is 0 Å². The average Bonchev–Trinajstić information content (AvgIpc) is 2.97. The van der Waals surface area contributed by atoms with Gasteiger partial charge in [0.15, 0.2) is 0 Å². The number of benzene rings is 2. The van der Waals surface area contributed by atoms with Crippen LogP contribution < -0.4 is 10.0 Å². The van der Waals surface area contributed by atoms with E-state index in [-0.39, 0.29) is 23.8 Å². The van der Waals surface area contributed by atoms with Gasteiger partial charge in [0.25, 0.3) is 0 Å². The fourth-order valence-electron chi connectivity index (χ4n) is 2.31. The van der Waals surface area contributed by atoms with Crippen molar-refractivity contribution in [2.24, 2.45) is 0 Å². The Labute approximate surface area is 145 Å². The van der Waals surface area contributed by atoms with Crippen molar-refractivity contribution in [3.63, 3.8) is 0 Å². The largest absolute Gasteiger partial charge is 0.324 e. The highest BCUT2D eigenvalue weighted by atomic mass is 32.2. The first-order valence-electron chi connectivity index (χ1n) is 7.75. The summed E-state index contributed by atoms with van der Waals surface area (Å²) < 4.78 is 26.7. The Kier molecular flexibility index (Phi) is 4.82. The molecule has 25 heavy (non-hydrogen) atoms. The SMILES string of the molecule is Cc1ccc(S(=O)(=O)NCCC(=O)Nc2nc3ccccc3[nH]2)cc1. The smallest absolute Gasteiger partial charge is 0.240 e. The maximum absolute atomic E-state index is 12.1. The van der Waals surface area contributed by atoms with Crippen molar-refractivity contribution in [1.82, 2.24) is 14.7 Å². The molecule has 0 aliphatic heterocycles. The van der Waals surface area contributed by atoms with Crippen LogP contribution in [-0.4, -0.2) is 30.8 Å². The van der Waals surface area contributed by atoms with E-state index in [4.69, 9.17) is 0 Å². The molecule has 3 N–H and O–H groups in total. The molecule has 0 aliphatic rings. The van der Waals surface area contributed by atoms with E-state index in [1.165, 1.54) is 12.1 Å². The topological polar surface area (TPSA) is 104 Å². The first-order chi connectivity index (χ1) is 11.9. The molecule has 0 aliphatic carbocycles. The second kappa shape index (κ2) is 7.04. The molecule has 3 aromatic rings. The minimum absolute atomic E-state index is 0.00212. The van der Waals surface area contributed by atoms with Crippen molar-refractivity contribution in [2.45, 2.75) is 18.2 Å². The van der Waals surface area contributed by atoms with Gasteiger partial charge in [0.2, 0.25) is 21.9 Å². The van der Waals surface area contributed by atoms with Gasteiger partial charge in [-0.15, -0.1) is 0 Å². The van der Waals surface area contributed by atoms with Gasteiger partial charge in [-0.25, -0.2) is 18.1 Å². The zero-order valence-corrected chi connectivity index (χ0v) is 14.4. The predicted octanol–water partition coefficient (Wildman–Crippen LogP) is 2.18. The van der Waals surface area contributed by atoms with Crippen molar-refractivity contribution in [3.05, 3.63) is 54.1 Å². The maximum Gasteiger partial charge on any atom is 0.240 e. The van der Waals surface area contributed by atoms with Crippen LogP contribution in [0.3, 0.4) is 0 Å². The number of amides is 1. The Hall–Kier alpha value is -2.71. The first kappa shape index (κ1) is 17.1. The van der Waals surface area contributed by atoms with Crippen molar-refractivity contribution in [2.75, 3.05) is 11.9 Å². The molecule has 0 unspecified atom stereocenters. The van der Waals surface area contributed by atoms with E-state index < -0.39 is 10.0 Å². The van der Waals surface area contributed by atoms with Gasteiger partial charge in [-0.1, -0.05) is 29.8 Å². The standard InChI is InChI=1S/C17H18N4O3S/c1-12-6-8-13(9-7-12)25(23,24)18-11-10-16(22)21-17-19-14-4-2-3-5-15(14)20-17/h2-9,18H,10-11H2,1H3,(H2,19,20,21,22). The summed E-state index contributed by atoms with van der Waals surface area (Å²) in [6.07, 6.45) is 0.00212. The summed E-state index contributed by atoms with van der Waals surface area (Å²) in [6.45, 7) is 1.88. The molecule has 8 heteroatoms. The Morgan fingerprint density at radius 3 is 2.56 bits per heavy atom. The molecule has 1 heterocycles. The fraction of sp³-hybridized carbons (Fsp3) is 0.176. The van der Waals surface area contributed by atoms with E-state index in [0.29, 0.717) is 5.95 Å². The zero-order chi connectivity index (χ0) is 17.9. The number of imidazole rings is 1. The fourth-order valence-corrected chi connectivity index (χ4v) is 3.34. The molecular weight excluding hydrogens is 340 g/mol. The highest BCUT2D eigenvalue weighted by Crippen LogP contribution is 2.13. The molecule has 0 radical (unpaired) electrons. The highest BCUT2D eigenvalue weighted by molar-refractivity contribution is 7.89. The van der Waals surface area contributed by atoms with Crippen molar-refractivity contribution in [1.29, 1.82) is 0 Å². The number of aromatic nitrogens is 2. The summed E-state index contributed by atoms with van der Waals surface area (Å²) in [5.41, 5.74) is 2.54. The van der Waals surface area contributed by atoms with Crippen LogP contribution in [0.15, 0.2) is 53.4 Å². The first-order valence-corrected chi connectivity index (χ1v) is 9.23. The normalized spacial score (nSPS) is 11.6. The Bertz CT molecular complexity index is 961. The summed E-state index contributed by atoms with van der Waals surface area (Å²) in [6, 6.07) is 13.9. The summed E-state index contributed by atoms with van der Waals surface area (Å²) in [5.74, 6) is 0.0123. The summed E-state index contributed by atoms with van der Waals surface area (Å²) in [7, 11) is -3.62. The van der Waals surface area contributed by atoms with Crippen molar-refractivity contribution < 1.29 is 13.2 Å². The number of aromatic amines is 1. The molecule has 7 nitrogen and oxygen atoms in total. The van der Waals surface area contributed by atoms with Gasteiger partial charge in [-0.2, -0.15) is 0 Å². The van der Waals surface area contributed by atoms with Crippen LogP contribution >= 0.6 is 0 Å². The highest BCUT2D eigenvalue weighted by Gasteiger charge is 2.14. The summed E-state index contributed by atoms with van der Waals surface area (Å²) in [4.78, 5) is 19.3. The third-order valence-electron chi connectivity index (χ3n) is 3.62. The molecular formula is C17H18N4O3S. The number of fused-ring (bicyclic) bond motifs is 1. The number of sulfonamides is 1. The molecule has 0 saturated carbocycles. The maximum atomic E-state index is 12.1. The van der Waals surface area contributed by atoms with Crippen LogP contribution in [0.5, 0.6) is 0 Å². The summed E-state index contributed by atoms with van der Waals surface area (Å²) >= 11 is 0. The molecule has 1 amide bonds. The van der Waals surface area contributed by atoms with Crippen LogP contribution in [0, 0.1) is 6.92 Å². The number of rotatable bonds is 6. The number of hydrogen-bond acceptors (Lipinski definition) is 4. The van der Waals surface area contributed by atoms with Gasteiger partial charge in [-0.05, 0) is 31.2 Å². The lowest BCUT2D eigenvalue weighted by molar-refractivity contribution is -0.116. The molecule has 0 spiro atoms. The number of nitrogens with zero attached hydrogens (tertiary/aromatic N) is 1. The lowest BCUT2D eigenvalue weighted by Gasteiger charge is -2.07. The Morgan fingerprint density at radius 1 is 1.12 bits per heavy atom. The number of nitrogens with one attached hydrogen (secondary N) is 3. The van der Waals surface area contributed by atoms with Gasteiger partial charge in [-0.3, -0.25) is 10.1 Å². The van der Waals surface area contributed by atoms with Gasteiger partial charge in [0.1, 0.15) is 0 Å². The molecule has 0 bridgehead atoms. The van der Waals surface area contributed by atoms with E-state index in [1.54, 1.807) is 12.1 Å². The van der Waals surface area contributed by atoms with Crippen molar-refractivity contribution in [3.8, 4) is 0 Å². The van der Waals surface area contributed by atoms with Crippen LogP contribution in [0.4, 0.5) is 5.95 Å². The van der Waals surface area contributed by atoms with E-state index >= 15 is 0 Å². The zero-order valence-electron chi connectivity index (χ0n) is 13.6. The van der Waals surface area contributed by atoms with Crippen LogP contribution in [0.2, 0.25) is 0 Å². The van der Waals surface area contributed by atoms with Crippen LogP contribution in [0.1, 0.15) is 12.0 Å². The lowest BCUT2D eigenvalue weighted by Crippen LogP contribution is -2.28. The third kappa shape index (κ3) is 4.23. The number of carbonyl (C=O) groups excluding carboxylic acids is 1. The van der Waals surface area contributed by atoms with Gasteiger partial charge in [0.05, 0.1) is 15.9 Å². The number of anilines is 1. The Morgan fingerprint density at radius 2 is 1.84 bits per heavy atom. The molecule has 1 aromatic heterocycles. The quantitative estimate of drug-likeness (QED) is 0.628. The molecule has 0 saturated heterocycles. The number of hydrogen-bond donors (Lipinski definition) is 3. The molecule has 0 fully saturated rings. The van der Waals surface area contributed by atoms with E-state index in [0.717, 1.165) is 16.6 Å². The second-order valence-corrected chi connectivity index (χ2v) is 7.38. The number of aryl methyl sites for hydroxylation is 1. The van der Waals surface area contributed by atoms with E-state index in [2.05, 4.69) is 20.0 Å². The second-order valence-electron chi connectivity index (χ2n) is 5.61. The molecule has 130 valence electrons. The lowest BCUT2D eigenvalue weighted by atomic mass is 10.2. The third-order valence-corrected chi connectivity index (χ3v) is 5.10. The monoisotopic (exact) mass is 358 g/mol. The number of carbonyl (C=O) groups is 1. The minimum atomic E-state index is -3.62. The molecule has 2 aromatic carbocycles. The average molecular weight is 358 g/mol. The van der Waals surface area contributed by atoms with Gasteiger partial charge < -0.3 is 4.98 Å². The van der Waals surface area contributed by atoms with Crippen LogP contribution in [0.25, 0.3) is 11.0 Å². The van der Waals surface area contributed by atoms with Crippen LogP contribution in [-0.2, 0) is 14.8 Å².